The quantitative estimate of drug-likeness (QED) is 0.238. The van der Waals surface area contributed by atoms with E-state index in [0.29, 0.717) is 17.4 Å². The van der Waals surface area contributed by atoms with Crippen molar-refractivity contribution in [3.05, 3.63) is 101 Å². The van der Waals surface area contributed by atoms with Gasteiger partial charge in [0.2, 0.25) is 0 Å². The van der Waals surface area contributed by atoms with E-state index in [4.69, 9.17) is 4.74 Å². The largest absolute Gasteiger partial charge is 0.458 e. The molecule has 1 aliphatic rings. The predicted octanol–water partition coefficient (Wildman–Crippen LogP) is 5.81. The number of non-ortho nitro benzene ring substituents is 1. The van der Waals surface area contributed by atoms with Gasteiger partial charge < -0.3 is 10.1 Å². The van der Waals surface area contributed by atoms with Gasteiger partial charge in [-0.1, -0.05) is 36.4 Å². The first-order chi connectivity index (χ1) is 16.5. The Labute approximate surface area is 201 Å². The maximum atomic E-state index is 13.1. The normalized spacial score (nSPS) is 17.1. The van der Waals surface area contributed by atoms with Crippen molar-refractivity contribution in [3.63, 3.8) is 0 Å². The van der Waals surface area contributed by atoms with E-state index in [1.54, 1.807) is 0 Å². The van der Waals surface area contributed by atoms with Gasteiger partial charge in [-0.05, 0) is 71.8 Å². The van der Waals surface area contributed by atoms with Gasteiger partial charge in [0.1, 0.15) is 6.10 Å². The second-order valence-corrected chi connectivity index (χ2v) is 12.2. The third kappa shape index (κ3) is 5.66. The molecule has 3 aromatic carbocycles. The van der Waals surface area contributed by atoms with Gasteiger partial charge >= 0.3 is 5.97 Å². The minimum atomic E-state index is -1.48. The van der Waals surface area contributed by atoms with Crippen LogP contribution in [0.5, 0.6) is 0 Å². The number of carbonyl (C=O) groups excluding carboxylic acids is 1. The number of carbonyl (C=O) groups is 1. The Morgan fingerprint density at radius 3 is 2.12 bits per heavy atom. The van der Waals surface area contributed by atoms with E-state index in [1.165, 1.54) is 34.1 Å². The van der Waals surface area contributed by atoms with Crippen molar-refractivity contribution in [2.75, 3.05) is 18.6 Å². The first-order valence-corrected chi connectivity index (χ1v) is 13.7. The van der Waals surface area contributed by atoms with Gasteiger partial charge in [-0.2, -0.15) is 10.0 Å². The van der Waals surface area contributed by atoms with Gasteiger partial charge in [0, 0.05) is 30.3 Å². The number of ether oxygens (including phenoxy) is 1. The Balaban J connectivity index is 1.62. The SMILES string of the molecule is CS(C[C@@H](C[C@@H]1CCCN1)OC(=O)c1ccc([N+](=O)[O-])cc1)(c1ccccc1)c1ccccc1. The Bertz CT molecular complexity index is 1060. The Morgan fingerprint density at radius 2 is 1.62 bits per heavy atom. The summed E-state index contributed by atoms with van der Waals surface area (Å²) in [4.78, 5) is 26.1. The van der Waals surface area contributed by atoms with Gasteiger partial charge in [-0.3, -0.25) is 10.1 Å². The number of benzene rings is 3. The van der Waals surface area contributed by atoms with Gasteiger partial charge in [0.15, 0.2) is 0 Å². The molecule has 2 atom stereocenters. The molecular formula is C27H30N2O4S. The van der Waals surface area contributed by atoms with Gasteiger partial charge in [0.25, 0.3) is 5.69 Å². The van der Waals surface area contributed by atoms with Crippen LogP contribution in [0.2, 0.25) is 0 Å². The van der Waals surface area contributed by atoms with E-state index in [1.807, 2.05) is 12.1 Å². The van der Waals surface area contributed by atoms with Crippen LogP contribution in [0, 0.1) is 10.1 Å². The van der Waals surface area contributed by atoms with Crippen LogP contribution >= 0.6 is 10.0 Å². The van der Waals surface area contributed by atoms with Crippen molar-refractivity contribution in [2.45, 2.75) is 41.2 Å². The highest BCUT2D eigenvalue weighted by molar-refractivity contribution is 8.33. The minimum absolute atomic E-state index is 0.0477. The van der Waals surface area contributed by atoms with E-state index in [-0.39, 0.29) is 11.8 Å². The molecule has 0 spiro atoms. The summed E-state index contributed by atoms with van der Waals surface area (Å²) in [5.41, 5.74) is 0.277. The van der Waals surface area contributed by atoms with Gasteiger partial charge in [-0.25, -0.2) is 4.79 Å². The van der Waals surface area contributed by atoms with E-state index in [0.717, 1.165) is 25.8 Å². The zero-order valence-corrected chi connectivity index (χ0v) is 20.1. The average Bonchev–Trinajstić information content (AvgIpc) is 3.38. The maximum Gasteiger partial charge on any atom is 0.338 e. The maximum absolute atomic E-state index is 13.1. The Morgan fingerprint density at radius 1 is 1.03 bits per heavy atom. The zero-order chi connectivity index (χ0) is 24.0. The van der Waals surface area contributed by atoms with Crippen LogP contribution in [0.25, 0.3) is 0 Å². The number of nitro benzene ring substituents is 1. The fourth-order valence-corrected chi connectivity index (χ4v) is 7.63. The molecule has 34 heavy (non-hydrogen) atoms. The third-order valence-electron chi connectivity index (χ3n) is 6.34. The molecule has 4 rings (SSSR count). The molecule has 0 amide bonds. The highest BCUT2D eigenvalue weighted by atomic mass is 32.3. The second-order valence-electron chi connectivity index (χ2n) is 8.74. The van der Waals surface area contributed by atoms with Crippen molar-refractivity contribution in [2.24, 2.45) is 0 Å². The number of hydrogen-bond donors (Lipinski definition) is 1. The Kier molecular flexibility index (Phi) is 7.65. The lowest BCUT2D eigenvalue weighted by molar-refractivity contribution is -0.384. The lowest BCUT2D eigenvalue weighted by Crippen LogP contribution is -2.33. The van der Waals surface area contributed by atoms with E-state index >= 15 is 0 Å². The molecule has 0 saturated carbocycles. The van der Waals surface area contributed by atoms with E-state index in [2.05, 4.69) is 60.1 Å². The summed E-state index contributed by atoms with van der Waals surface area (Å²) in [6.45, 7) is 0.981. The molecule has 1 aliphatic heterocycles. The second kappa shape index (κ2) is 10.8. The van der Waals surface area contributed by atoms with E-state index < -0.39 is 20.9 Å². The van der Waals surface area contributed by atoms with Crippen molar-refractivity contribution in [1.29, 1.82) is 0 Å². The van der Waals surface area contributed by atoms with Crippen LogP contribution in [0.15, 0.2) is 94.7 Å². The molecule has 6 nitrogen and oxygen atoms in total. The van der Waals surface area contributed by atoms with Crippen LogP contribution in [-0.4, -0.2) is 41.6 Å². The zero-order valence-electron chi connectivity index (χ0n) is 19.3. The fraction of sp³-hybridized carbons (Fsp3) is 0.296. The summed E-state index contributed by atoms with van der Waals surface area (Å²) < 4.78 is 6.11. The summed E-state index contributed by atoms with van der Waals surface area (Å²) in [6.07, 6.45) is 4.91. The molecule has 1 fully saturated rings. The van der Waals surface area contributed by atoms with Crippen molar-refractivity contribution in [1.82, 2.24) is 5.32 Å². The highest BCUT2D eigenvalue weighted by Crippen LogP contribution is 2.60. The number of nitro groups is 1. The van der Waals surface area contributed by atoms with Crippen molar-refractivity contribution >= 4 is 21.7 Å². The molecule has 1 heterocycles. The Hall–Kier alpha value is -3.16. The topological polar surface area (TPSA) is 81.5 Å². The van der Waals surface area contributed by atoms with Crippen LogP contribution in [0.4, 0.5) is 5.69 Å². The molecule has 0 aromatic heterocycles. The molecule has 3 aromatic rings. The molecule has 0 bridgehead atoms. The minimum Gasteiger partial charge on any atom is -0.458 e. The van der Waals surface area contributed by atoms with Gasteiger partial charge in [-0.15, -0.1) is 0 Å². The number of rotatable bonds is 9. The van der Waals surface area contributed by atoms with Crippen LogP contribution in [0.1, 0.15) is 29.6 Å². The lowest BCUT2D eigenvalue weighted by Gasteiger charge is -2.40. The molecule has 0 radical (unpaired) electrons. The summed E-state index contributed by atoms with van der Waals surface area (Å²) >= 11 is 0. The molecule has 0 aliphatic carbocycles. The summed E-state index contributed by atoms with van der Waals surface area (Å²) in [5.74, 6) is 0.263. The van der Waals surface area contributed by atoms with E-state index in [9.17, 15) is 14.9 Å². The van der Waals surface area contributed by atoms with Crippen LogP contribution in [0.3, 0.4) is 0 Å². The van der Waals surface area contributed by atoms with Crippen LogP contribution < -0.4 is 5.32 Å². The highest BCUT2D eigenvalue weighted by Gasteiger charge is 2.32. The smallest absolute Gasteiger partial charge is 0.338 e. The number of hydrogen-bond acceptors (Lipinski definition) is 5. The average molecular weight is 479 g/mol. The number of esters is 1. The van der Waals surface area contributed by atoms with Crippen LogP contribution in [-0.2, 0) is 4.74 Å². The third-order valence-corrected chi connectivity index (χ3v) is 10.0. The van der Waals surface area contributed by atoms with Crippen molar-refractivity contribution < 1.29 is 14.5 Å². The summed E-state index contributed by atoms with van der Waals surface area (Å²) in [7, 11) is -1.48. The summed E-state index contributed by atoms with van der Waals surface area (Å²) in [6, 6.07) is 26.8. The first-order valence-electron chi connectivity index (χ1n) is 11.5. The van der Waals surface area contributed by atoms with Gasteiger partial charge in [0.05, 0.1) is 10.5 Å². The monoisotopic (exact) mass is 478 g/mol. The fourth-order valence-electron chi connectivity index (χ4n) is 4.51. The standard InChI is InChI=1S/C27H30N2O4S/c1-34(25-10-4-2-5-11-25,26-12-6-3-7-13-26)20-24(19-22-9-8-18-28-22)33-27(30)21-14-16-23(17-15-21)29(31)32/h2-7,10-17,22,24,28H,8-9,18-20H2,1H3/t22-,24+/m0/s1. The molecule has 0 unspecified atom stereocenters. The number of nitrogens with zero attached hydrogens (tertiary/aromatic N) is 1. The molecule has 7 heteroatoms. The molecule has 178 valence electrons. The molecule has 1 N–H and O–H groups in total. The molecule has 1 saturated heterocycles. The first kappa shape index (κ1) is 24.0. The molecular weight excluding hydrogens is 448 g/mol. The summed E-state index contributed by atoms with van der Waals surface area (Å²) in [5, 5.41) is 14.5. The predicted molar refractivity (Wildman–Crippen MR) is 136 cm³/mol. The van der Waals surface area contributed by atoms with Crippen molar-refractivity contribution in [3.8, 4) is 0 Å². The number of nitrogens with one attached hydrogen (secondary N) is 1. The lowest BCUT2D eigenvalue weighted by atomic mass is 10.1.